The molecule has 0 aliphatic rings. The molecule has 0 heterocycles. The van der Waals surface area contributed by atoms with E-state index in [4.69, 9.17) is 23.2 Å². The van der Waals surface area contributed by atoms with Gasteiger partial charge in [0.05, 0.1) is 22.9 Å². The summed E-state index contributed by atoms with van der Waals surface area (Å²) in [6.45, 7) is -0.220. The molecule has 0 aromatic heterocycles. The number of nitrogens with one attached hydrogen (secondary N) is 3. The van der Waals surface area contributed by atoms with Crippen LogP contribution in [0.1, 0.15) is 0 Å². The summed E-state index contributed by atoms with van der Waals surface area (Å²) >= 11 is 11.9. The van der Waals surface area contributed by atoms with Crippen molar-refractivity contribution in [1.82, 2.24) is 5.32 Å². The van der Waals surface area contributed by atoms with Crippen LogP contribution in [0.3, 0.4) is 0 Å². The van der Waals surface area contributed by atoms with Gasteiger partial charge in [-0.1, -0.05) is 71.7 Å². The van der Waals surface area contributed by atoms with Gasteiger partial charge in [0.15, 0.2) is 0 Å². The molecule has 28 heavy (non-hydrogen) atoms. The molecule has 0 saturated heterocycles. The van der Waals surface area contributed by atoms with Crippen molar-refractivity contribution in [2.45, 2.75) is 0 Å². The maximum Gasteiger partial charge on any atom is 0.319 e. The van der Waals surface area contributed by atoms with E-state index in [-0.39, 0.29) is 6.54 Å². The zero-order chi connectivity index (χ0) is 19.9. The number of rotatable bonds is 5. The summed E-state index contributed by atoms with van der Waals surface area (Å²) in [7, 11) is 0. The molecular formula is C21H17Cl2N3O2. The van der Waals surface area contributed by atoms with Crippen molar-refractivity contribution in [3.63, 3.8) is 0 Å². The molecule has 5 nitrogen and oxygen atoms in total. The zero-order valence-electron chi connectivity index (χ0n) is 14.7. The lowest BCUT2D eigenvalue weighted by Crippen LogP contribution is -2.35. The fraction of sp³-hybridized carbons (Fsp3) is 0.0476. The van der Waals surface area contributed by atoms with E-state index in [2.05, 4.69) is 16.0 Å². The van der Waals surface area contributed by atoms with Crippen LogP contribution in [0.4, 0.5) is 16.2 Å². The highest BCUT2D eigenvalue weighted by atomic mass is 35.5. The molecule has 0 radical (unpaired) electrons. The molecule has 0 saturated carbocycles. The number of amides is 3. The second kappa shape index (κ2) is 9.26. The van der Waals surface area contributed by atoms with Gasteiger partial charge in [-0.05, 0) is 29.8 Å². The predicted molar refractivity (Wildman–Crippen MR) is 114 cm³/mol. The molecule has 3 aromatic rings. The van der Waals surface area contributed by atoms with E-state index in [1.165, 1.54) is 6.07 Å². The van der Waals surface area contributed by atoms with Crippen LogP contribution < -0.4 is 16.0 Å². The van der Waals surface area contributed by atoms with Crippen LogP contribution in [0.5, 0.6) is 0 Å². The Balaban J connectivity index is 1.59. The maximum atomic E-state index is 12.2. The first-order chi connectivity index (χ1) is 13.5. The second-order valence-corrected chi connectivity index (χ2v) is 6.74. The van der Waals surface area contributed by atoms with Crippen molar-refractivity contribution in [2.24, 2.45) is 0 Å². The van der Waals surface area contributed by atoms with E-state index in [1.807, 2.05) is 48.5 Å². The summed E-state index contributed by atoms with van der Waals surface area (Å²) in [4.78, 5) is 24.3. The van der Waals surface area contributed by atoms with Crippen LogP contribution in [0.15, 0.2) is 72.8 Å². The van der Waals surface area contributed by atoms with Gasteiger partial charge < -0.3 is 16.0 Å². The van der Waals surface area contributed by atoms with Gasteiger partial charge in [-0.2, -0.15) is 0 Å². The predicted octanol–water partition coefficient (Wildman–Crippen LogP) is 5.42. The second-order valence-electron chi connectivity index (χ2n) is 5.89. The van der Waals surface area contributed by atoms with Crippen molar-refractivity contribution >= 4 is 46.5 Å². The third-order valence-corrected chi connectivity index (χ3v) is 4.44. The van der Waals surface area contributed by atoms with Crippen LogP contribution >= 0.6 is 23.2 Å². The van der Waals surface area contributed by atoms with Gasteiger partial charge in [0.1, 0.15) is 0 Å². The van der Waals surface area contributed by atoms with Gasteiger partial charge in [-0.25, -0.2) is 4.79 Å². The zero-order valence-corrected chi connectivity index (χ0v) is 16.2. The van der Waals surface area contributed by atoms with Gasteiger partial charge in [0.2, 0.25) is 5.91 Å². The minimum Gasteiger partial charge on any atom is -0.329 e. The number of carbonyl (C=O) groups is 2. The Morgan fingerprint density at radius 3 is 2.29 bits per heavy atom. The maximum absolute atomic E-state index is 12.2. The Bertz CT molecular complexity index is 994. The Labute approximate surface area is 172 Å². The van der Waals surface area contributed by atoms with Gasteiger partial charge >= 0.3 is 6.03 Å². The molecule has 3 rings (SSSR count). The number of para-hydroxylation sites is 1. The van der Waals surface area contributed by atoms with E-state index >= 15 is 0 Å². The highest BCUT2D eigenvalue weighted by Crippen LogP contribution is 2.27. The molecular weight excluding hydrogens is 397 g/mol. The molecule has 0 fully saturated rings. The Hall–Kier alpha value is -3.02. The van der Waals surface area contributed by atoms with Crippen LogP contribution in [0.25, 0.3) is 11.1 Å². The Morgan fingerprint density at radius 1 is 0.786 bits per heavy atom. The summed E-state index contributed by atoms with van der Waals surface area (Å²) in [5, 5.41) is 8.71. The lowest BCUT2D eigenvalue weighted by Gasteiger charge is -2.12. The smallest absolute Gasteiger partial charge is 0.319 e. The van der Waals surface area contributed by atoms with Crippen LogP contribution in [-0.4, -0.2) is 18.5 Å². The molecule has 3 amide bonds. The fourth-order valence-electron chi connectivity index (χ4n) is 2.58. The van der Waals surface area contributed by atoms with Gasteiger partial charge in [-0.3, -0.25) is 4.79 Å². The Kier molecular flexibility index (Phi) is 6.53. The molecule has 3 N–H and O–H groups in total. The highest BCUT2D eigenvalue weighted by molar-refractivity contribution is 6.35. The third kappa shape index (κ3) is 5.25. The number of anilines is 2. The van der Waals surface area contributed by atoms with E-state index in [0.29, 0.717) is 21.4 Å². The van der Waals surface area contributed by atoms with E-state index in [9.17, 15) is 9.59 Å². The minimum absolute atomic E-state index is 0.220. The largest absolute Gasteiger partial charge is 0.329 e. The molecule has 0 spiro atoms. The first-order valence-corrected chi connectivity index (χ1v) is 9.23. The highest BCUT2D eigenvalue weighted by Gasteiger charge is 2.11. The van der Waals surface area contributed by atoms with Gasteiger partial charge in [-0.15, -0.1) is 0 Å². The third-order valence-electron chi connectivity index (χ3n) is 3.87. The van der Waals surface area contributed by atoms with Crippen molar-refractivity contribution in [2.75, 3.05) is 17.2 Å². The summed E-state index contributed by atoms with van der Waals surface area (Å²) in [6, 6.07) is 21.4. The lowest BCUT2D eigenvalue weighted by molar-refractivity contribution is -0.115. The van der Waals surface area contributed by atoms with Crippen LogP contribution in [0, 0.1) is 0 Å². The van der Waals surface area contributed by atoms with E-state index in [1.54, 1.807) is 18.2 Å². The summed E-state index contributed by atoms with van der Waals surface area (Å²) in [5.74, 6) is -0.421. The number of urea groups is 1. The molecule has 0 aliphatic carbocycles. The molecule has 3 aromatic carbocycles. The number of halogens is 2. The van der Waals surface area contributed by atoms with Crippen molar-refractivity contribution < 1.29 is 9.59 Å². The molecule has 7 heteroatoms. The lowest BCUT2D eigenvalue weighted by atomic mass is 10.0. The van der Waals surface area contributed by atoms with Crippen LogP contribution in [0.2, 0.25) is 10.0 Å². The van der Waals surface area contributed by atoms with Crippen molar-refractivity contribution in [1.29, 1.82) is 0 Å². The normalized spacial score (nSPS) is 10.2. The van der Waals surface area contributed by atoms with Gasteiger partial charge in [0, 0.05) is 10.6 Å². The SMILES string of the molecule is O=C(CNC(=O)Nc1ccccc1-c1ccccc1)Nc1cc(Cl)ccc1Cl. The summed E-state index contributed by atoms with van der Waals surface area (Å²) in [6.07, 6.45) is 0. The number of carbonyl (C=O) groups excluding carboxylic acids is 2. The number of hydrogen-bond acceptors (Lipinski definition) is 2. The monoisotopic (exact) mass is 413 g/mol. The molecule has 142 valence electrons. The molecule has 0 atom stereocenters. The number of hydrogen-bond donors (Lipinski definition) is 3. The minimum atomic E-state index is -0.490. The van der Waals surface area contributed by atoms with E-state index < -0.39 is 11.9 Å². The molecule has 0 unspecified atom stereocenters. The van der Waals surface area contributed by atoms with Crippen LogP contribution in [-0.2, 0) is 4.79 Å². The molecule has 0 aliphatic heterocycles. The van der Waals surface area contributed by atoms with Crippen molar-refractivity contribution in [3.05, 3.63) is 82.8 Å². The summed E-state index contributed by atoms with van der Waals surface area (Å²) in [5.41, 5.74) is 2.89. The van der Waals surface area contributed by atoms with Crippen molar-refractivity contribution in [3.8, 4) is 11.1 Å². The quantitative estimate of drug-likeness (QED) is 0.522. The average Bonchev–Trinajstić information content (AvgIpc) is 2.70. The topological polar surface area (TPSA) is 70.2 Å². The number of benzene rings is 3. The van der Waals surface area contributed by atoms with E-state index in [0.717, 1.165) is 11.1 Å². The fourth-order valence-corrected chi connectivity index (χ4v) is 2.91. The standard InChI is InChI=1S/C21H17Cl2N3O2/c22-15-10-11-17(23)19(12-15)25-20(27)13-24-21(28)26-18-9-5-4-8-16(18)14-6-2-1-3-7-14/h1-12H,13H2,(H,25,27)(H2,24,26,28). The average molecular weight is 414 g/mol. The first-order valence-electron chi connectivity index (χ1n) is 8.47. The molecule has 0 bridgehead atoms. The first kappa shape index (κ1) is 19.7. The van der Waals surface area contributed by atoms with Gasteiger partial charge in [0.25, 0.3) is 0 Å². The summed E-state index contributed by atoms with van der Waals surface area (Å²) < 4.78 is 0. The Morgan fingerprint density at radius 2 is 1.50 bits per heavy atom.